The monoisotopic (exact) mass is 296 g/mol. The van der Waals surface area contributed by atoms with E-state index in [4.69, 9.17) is 10.6 Å². The van der Waals surface area contributed by atoms with E-state index in [0.29, 0.717) is 17.1 Å². The first-order chi connectivity index (χ1) is 10.2. The maximum Gasteiger partial charge on any atom is 0.387 e. The summed E-state index contributed by atoms with van der Waals surface area (Å²) in [6.45, 7) is -2.86. The van der Waals surface area contributed by atoms with Crippen molar-refractivity contribution in [3.05, 3.63) is 47.9 Å². The van der Waals surface area contributed by atoms with Crippen LogP contribution < -0.4 is 20.7 Å². The van der Waals surface area contributed by atoms with Crippen LogP contribution >= 0.6 is 0 Å². The third kappa shape index (κ3) is 3.61. The van der Waals surface area contributed by atoms with E-state index in [2.05, 4.69) is 20.1 Å². The Morgan fingerprint density at radius 2 is 1.81 bits per heavy atom. The number of nitrogens with two attached hydrogens (primary N) is 1. The average Bonchev–Trinajstić information content (AvgIpc) is 2.49. The van der Waals surface area contributed by atoms with Crippen LogP contribution in [0.3, 0.4) is 0 Å². The van der Waals surface area contributed by atoms with Gasteiger partial charge in [0.05, 0.1) is 13.2 Å². The molecule has 0 aliphatic rings. The summed E-state index contributed by atoms with van der Waals surface area (Å²) in [5.74, 6) is 5.95. The van der Waals surface area contributed by atoms with Crippen LogP contribution in [0.25, 0.3) is 0 Å². The van der Waals surface area contributed by atoms with Crippen molar-refractivity contribution in [2.75, 3.05) is 7.11 Å². The van der Waals surface area contributed by atoms with Crippen molar-refractivity contribution in [2.24, 2.45) is 5.84 Å². The molecule has 0 aliphatic heterocycles. The van der Waals surface area contributed by atoms with Gasteiger partial charge in [0.2, 0.25) is 5.88 Å². The van der Waals surface area contributed by atoms with Gasteiger partial charge in [0.15, 0.2) is 0 Å². The first-order valence-electron chi connectivity index (χ1n) is 6.01. The number of methoxy groups -OCH3 is 1. The molecule has 2 rings (SSSR count). The quantitative estimate of drug-likeness (QED) is 0.623. The predicted molar refractivity (Wildman–Crippen MR) is 70.8 cm³/mol. The van der Waals surface area contributed by atoms with Crippen LogP contribution in [0.2, 0.25) is 0 Å². The molecule has 1 heterocycles. The molecule has 0 bridgehead atoms. The molecule has 0 saturated heterocycles. The maximum atomic E-state index is 12.1. The van der Waals surface area contributed by atoms with Crippen LogP contribution in [0.5, 0.6) is 11.6 Å². The van der Waals surface area contributed by atoms with Crippen molar-refractivity contribution in [2.45, 2.75) is 12.7 Å². The van der Waals surface area contributed by atoms with Gasteiger partial charge in [0, 0.05) is 12.4 Å². The lowest BCUT2D eigenvalue weighted by atomic mass is 10.0. The highest BCUT2D eigenvalue weighted by atomic mass is 19.3. The van der Waals surface area contributed by atoms with Crippen molar-refractivity contribution in [3.8, 4) is 11.6 Å². The molecular formula is C13H14F2N4O2. The van der Waals surface area contributed by atoms with Crippen LogP contribution in [0.4, 0.5) is 8.78 Å². The molecule has 0 fully saturated rings. The second kappa shape index (κ2) is 6.91. The number of aromatic nitrogens is 2. The van der Waals surface area contributed by atoms with Gasteiger partial charge in [0.1, 0.15) is 11.4 Å². The van der Waals surface area contributed by atoms with Crippen LogP contribution in [0, 0.1) is 0 Å². The van der Waals surface area contributed by atoms with Gasteiger partial charge in [-0.1, -0.05) is 12.1 Å². The number of halogens is 2. The molecule has 0 saturated carbocycles. The van der Waals surface area contributed by atoms with Gasteiger partial charge in [0.25, 0.3) is 0 Å². The Bertz CT molecular complexity index is 581. The SMILES string of the molecule is COc1nccnc1C(NN)c1ccc(OC(F)F)cc1. The van der Waals surface area contributed by atoms with E-state index in [9.17, 15) is 8.78 Å². The minimum atomic E-state index is -2.86. The summed E-state index contributed by atoms with van der Waals surface area (Å²) in [7, 11) is 1.47. The summed E-state index contributed by atoms with van der Waals surface area (Å²) in [5.41, 5.74) is 3.80. The van der Waals surface area contributed by atoms with E-state index in [1.54, 1.807) is 12.1 Å². The van der Waals surface area contributed by atoms with Crippen molar-refractivity contribution in [1.29, 1.82) is 0 Å². The molecule has 1 aromatic carbocycles. The minimum absolute atomic E-state index is 0.0654. The van der Waals surface area contributed by atoms with E-state index >= 15 is 0 Å². The van der Waals surface area contributed by atoms with Gasteiger partial charge >= 0.3 is 6.61 Å². The minimum Gasteiger partial charge on any atom is -0.480 e. The second-order valence-electron chi connectivity index (χ2n) is 4.00. The number of rotatable bonds is 6. The van der Waals surface area contributed by atoms with Gasteiger partial charge in [-0.05, 0) is 17.7 Å². The summed E-state index contributed by atoms with van der Waals surface area (Å²) in [6, 6.07) is 5.57. The van der Waals surface area contributed by atoms with Crippen LogP contribution in [0.1, 0.15) is 17.3 Å². The van der Waals surface area contributed by atoms with Crippen LogP contribution in [-0.2, 0) is 0 Å². The van der Waals surface area contributed by atoms with Gasteiger partial charge in [-0.2, -0.15) is 8.78 Å². The lowest BCUT2D eigenvalue weighted by Crippen LogP contribution is -2.30. The number of ether oxygens (including phenoxy) is 2. The molecule has 0 amide bonds. The first-order valence-corrected chi connectivity index (χ1v) is 6.01. The molecule has 1 aromatic heterocycles. The van der Waals surface area contributed by atoms with Crippen molar-refractivity contribution < 1.29 is 18.3 Å². The Morgan fingerprint density at radius 3 is 2.38 bits per heavy atom. The van der Waals surface area contributed by atoms with Gasteiger partial charge in [-0.15, -0.1) is 0 Å². The fourth-order valence-corrected chi connectivity index (χ4v) is 1.87. The summed E-state index contributed by atoms with van der Waals surface area (Å²) in [5, 5.41) is 0. The highest BCUT2D eigenvalue weighted by Gasteiger charge is 2.19. The molecule has 112 valence electrons. The molecule has 0 radical (unpaired) electrons. The fraction of sp³-hybridized carbons (Fsp3) is 0.231. The summed E-state index contributed by atoms with van der Waals surface area (Å²) in [6.07, 6.45) is 3.01. The zero-order valence-corrected chi connectivity index (χ0v) is 11.2. The van der Waals surface area contributed by atoms with E-state index in [1.807, 2.05) is 0 Å². The van der Waals surface area contributed by atoms with E-state index < -0.39 is 12.7 Å². The van der Waals surface area contributed by atoms with Crippen molar-refractivity contribution >= 4 is 0 Å². The normalized spacial score (nSPS) is 12.2. The number of nitrogens with zero attached hydrogens (tertiary/aromatic N) is 2. The Labute approximate surface area is 119 Å². The molecule has 0 spiro atoms. The highest BCUT2D eigenvalue weighted by molar-refractivity contribution is 5.36. The molecule has 3 N–H and O–H groups in total. The Kier molecular flexibility index (Phi) is 4.96. The van der Waals surface area contributed by atoms with Crippen LogP contribution in [0.15, 0.2) is 36.7 Å². The molecule has 1 unspecified atom stereocenters. The predicted octanol–water partition coefficient (Wildman–Crippen LogP) is 1.64. The molecular weight excluding hydrogens is 282 g/mol. The lowest BCUT2D eigenvalue weighted by Gasteiger charge is -2.17. The number of benzene rings is 1. The smallest absolute Gasteiger partial charge is 0.387 e. The molecule has 6 nitrogen and oxygen atoms in total. The van der Waals surface area contributed by atoms with E-state index in [1.165, 1.54) is 31.6 Å². The standard InChI is InChI=1S/C13H14F2N4O2/c1-20-12-11(17-6-7-18-12)10(19-16)8-2-4-9(5-3-8)21-13(14)15/h2-7,10,13,19H,16H2,1H3. The number of nitrogens with one attached hydrogen (secondary N) is 1. The third-order valence-electron chi connectivity index (χ3n) is 2.76. The summed E-state index contributed by atoms with van der Waals surface area (Å²) < 4.78 is 33.7. The zero-order chi connectivity index (χ0) is 15.2. The van der Waals surface area contributed by atoms with Gasteiger partial charge in [-0.25, -0.2) is 10.4 Å². The van der Waals surface area contributed by atoms with Crippen LogP contribution in [-0.4, -0.2) is 23.7 Å². The Morgan fingerprint density at radius 1 is 1.14 bits per heavy atom. The summed E-state index contributed by atoms with van der Waals surface area (Å²) >= 11 is 0. The third-order valence-corrected chi connectivity index (χ3v) is 2.76. The molecule has 8 heteroatoms. The average molecular weight is 296 g/mol. The number of hydrogen-bond acceptors (Lipinski definition) is 6. The molecule has 21 heavy (non-hydrogen) atoms. The number of hydrazine groups is 1. The topological polar surface area (TPSA) is 82.3 Å². The van der Waals surface area contributed by atoms with E-state index in [0.717, 1.165) is 0 Å². The van der Waals surface area contributed by atoms with Gasteiger partial charge in [-0.3, -0.25) is 10.8 Å². The number of alkyl halides is 2. The van der Waals surface area contributed by atoms with Gasteiger partial charge < -0.3 is 9.47 Å². The number of hydrogen-bond donors (Lipinski definition) is 2. The summed E-state index contributed by atoms with van der Waals surface area (Å²) in [4.78, 5) is 8.23. The first kappa shape index (κ1) is 15.1. The van der Waals surface area contributed by atoms with E-state index in [-0.39, 0.29) is 5.75 Å². The zero-order valence-electron chi connectivity index (χ0n) is 11.2. The maximum absolute atomic E-state index is 12.1. The fourth-order valence-electron chi connectivity index (χ4n) is 1.87. The molecule has 1 atom stereocenters. The van der Waals surface area contributed by atoms with Crippen molar-refractivity contribution in [3.63, 3.8) is 0 Å². The second-order valence-corrected chi connectivity index (χ2v) is 4.00. The molecule has 2 aromatic rings. The Balaban J connectivity index is 2.29. The largest absolute Gasteiger partial charge is 0.480 e. The van der Waals surface area contributed by atoms with Crippen molar-refractivity contribution in [1.82, 2.24) is 15.4 Å². The lowest BCUT2D eigenvalue weighted by molar-refractivity contribution is -0.0498. The Hall–Kier alpha value is -2.32. The highest BCUT2D eigenvalue weighted by Crippen LogP contribution is 2.27. The molecule has 0 aliphatic carbocycles.